The van der Waals surface area contributed by atoms with Crippen LogP contribution in [0, 0.1) is 0 Å². The second-order valence-corrected chi connectivity index (χ2v) is 7.68. The van der Waals surface area contributed by atoms with E-state index < -0.39 is 0 Å². The van der Waals surface area contributed by atoms with Crippen molar-refractivity contribution in [2.75, 3.05) is 6.61 Å². The van der Waals surface area contributed by atoms with E-state index in [1.54, 1.807) is 0 Å². The van der Waals surface area contributed by atoms with Gasteiger partial charge in [0.25, 0.3) is 0 Å². The molecule has 1 atom stereocenters. The van der Waals surface area contributed by atoms with Crippen molar-refractivity contribution < 1.29 is 4.74 Å². The first-order valence-corrected chi connectivity index (χ1v) is 9.64. The number of benzene rings is 2. The average Bonchev–Trinajstić information content (AvgIpc) is 2.52. The third-order valence-corrected chi connectivity index (χ3v) is 6.20. The molecule has 2 aromatic carbocycles. The van der Waals surface area contributed by atoms with Crippen LogP contribution in [0.1, 0.15) is 5.56 Å². The first-order chi connectivity index (χ1) is 9.88. The van der Waals surface area contributed by atoms with Crippen LogP contribution in [-0.4, -0.2) is 33.6 Å². The monoisotopic (exact) mass is 382 g/mol. The molecular weight excluding hydrogens is 360 g/mol. The molecule has 0 aliphatic carbocycles. The Morgan fingerprint density at radius 2 is 1.65 bits per heavy atom. The Bertz CT molecular complexity index is 495. The normalized spacial score (nSPS) is 12.0. The Balaban J connectivity index is 1.91. The molecule has 0 spiro atoms. The Kier molecular flexibility index (Phi) is 6.87. The molecule has 2 rings (SSSR count). The number of hydrogen-bond donors (Lipinski definition) is 0. The van der Waals surface area contributed by atoms with Crippen LogP contribution >= 0.6 is 0 Å². The van der Waals surface area contributed by atoms with Crippen LogP contribution in [-0.2, 0) is 11.2 Å². The molecule has 20 heavy (non-hydrogen) atoms. The van der Waals surface area contributed by atoms with Gasteiger partial charge in [-0.05, 0) is 0 Å². The van der Waals surface area contributed by atoms with E-state index in [1.165, 1.54) is 9.17 Å². The minimum absolute atomic E-state index is 0.178. The van der Waals surface area contributed by atoms with Crippen LogP contribution in [0.15, 0.2) is 73.3 Å². The Morgan fingerprint density at radius 3 is 2.30 bits per heavy atom. The summed E-state index contributed by atoms with van der Waals surface area (Å²) in [4.78, 5) is 0. The van der Waals surface area contributed by atoms with Crippen LogP contribution in [0.2, 0.25) is 4.47 Å². The van der Waals surface area contributed by atoms with Crippen LogP contribution in [0.3, 0.4) is 0 Å². The first kappa shape index (κ1) is 15.3. The van der Waals surface area contributed by atoms with Gasteiger partial charge in [0.15, 0.2) is 0 Å². The van der Waals surface area contributed by atoms with Gasteiger partial charge in [0.2, 0.25) is 0 Å². The summed E-state index contributed by atoms with van der Waals surface area (Å²) in [6, 6.07) is 21.4. The van der Waals surface area contributed by atoms with E-state index in [0.29, 0.717) is 12.7 Å². The number of ether oxygens (including phenoxy) is 1. The quantitative estimate of drug-likeness (QED) is 0.505. The van der Waals surface area contributed by atoms with Crippen molar-refractivity contribution in [1.82, 2.24) is 0 Å². The summed E-state index contributed by atoms with van der Waals surface area (Å²) in [6.07, 6.45) is 3.13. The van der Waals surface area contributed by atoms with Gasteiger partial charge in [0.1, 0.15) is 0 Å². The third-order valence-electron chi connectivity index (χ3n) is 2.94. The molecule has 0 saturated heterocycles. The summed E-state index contributed by atoms with van der Waals surface area (Å²) < 4.78 is 8.59. The summed E-state index contributed by atoms with van der Waals surface area (Å²) in [5.41, 5.74) is 1.35. The Labute approximate surface area is 131 Å². The summed E-state index contributed by atoms with van der Waals surface area (Å²) in [5.74, 6) is 0. The van der Waals surface area contributed by atoms with Crippen molar-refractivity contribution in [3.05, 3.63) is 78.9 Å². The van der Waals surface area contributed by atoms with Crippen molar-refractivity contribution in [3.63, 3.8) is 0 Å². The van der Waals surface area contributed by atoms with Crippen LogP contribution < -0.4 is 3.61 Å². The molecule has 104 valence electrons. The molecule has 0 aliphatic rings. The molecule has 0 N–H and O–H groups in total. The zero-order valence-corrected chi connectivity index (χ0v) is 13.9. The van der Waals surface area contributed by atoms with Gasteiger partial charge in [-0.15, -0.1) is 0 Å². The third kappa shape index (κ3) is 5.51. The topological polar surface area (TPSA) is 9.23 Å². The molecule has 0 aliphatic heterocycles. The minimum atomic E-state index is -0.178. The maximum absolute atomic E-state index is 5.93. The predicted octanol–water partition coefficient (Wildman–Crippen LogP) is 3.25. The number of hydrogen-bond acceptors (Lipinski definition) is 1. The fourth-order valence-corrected chi connectivity index (χ4v) is 4.64. The van der Waals surface area contributed by atoms with Gasteiger partial charge in [-0.3, -0.25) is 0 Å². The fraction of sp³-hybridized carbons (Fsp3) is 0.222. The molecule has 1 unspecified atom stereocenters. The van der Waals surface area contributed by atoms with Crippen LogP contribution in [0.4, 0.5) is 0 Å². The van der Waals surface area contributed by atoms with E-state index in [4.69, 9.17) is 4.74 Å². The number of rotatable bonds is 8. The zero-order valence-electron chi connectivity index (χ0n) is 11.6. The van der Waals surface area contributed by atoms with Gasteiger partial charge in [-0.1, -0.05) is 0 Å². The molecule has 0 bridgehead atoms. The zero-order chi connectivity index (χ0) is 14.0. The molecule has 0 amide bonds. The SMILES string of the molecule is C=CCOC(C[Te]c1ccccc1)Cc1ccccc1. The molecule has 0 fully saturated rings. The molecule has 2 heteroatoms. The Hall–Kier alpha value is -1.07. The van der Waals surface area contributed by atoms with Crippen LogP contribution in [0.25, 0.3) is 0 Å². The molecule has 0 radical (unpaired) electrons. The molecule has 1 nitrogen and oxygen atoms in total. The van der Waals surface area contributed by atoms with Gasteiger partial charge in [0.05, 0.1) is 0 Å². The van der Waals surface area contributed by atoms with Gasteiger partial charge >= 0.3 is 132 Å². The maximum atomic E-state index is 5.93. The molecular formula is C18H20OTe. The summed E-state index contributed by atoms with van der Waals surface area (Å²) in [6.45, 7) is 4.38. The molecule has 2 aromatic rings. The van der Waals surface area contributed by atoms with Crippen LogP contribution in [0.5, 0.6) is 0 Å². The van der Waals surface area contributed by atoms with Crippen molar-refractivity contribution in [2.24, 2.45) is 0 Å². The second-order valence-electron chi connectivity index (χ2n) is 4.56. The van der Waals surface area contributed by atoms with Gasteiger partial charge < -0.3 is 0 Å². The molecule has 0 saturated carbocycles. The van der Waals surface area contributed by atoms with E-state index >= 15 is 0 Å². The summed E-state index contributed by atoms with van der Waals surface area (Å²) >= 11 is -0.178. The first-order valence-electron chi connectivity index (χ1n) is 6.83. The van der Waals surface area contributed by atoms with Crippen molar-refractivity contribution in [2.45, 2.75) is 17.0 Å². The molecule has 0 heterocycles. The second kappa shape index (κ2) is 8.97. The van der Waals surface area contributed by atoms with Gasteiger partial charge in [0, 0.05) is 0 Å². The Morgan fingerprint density at radius 1 is 1.00 bits per heavy atom. The van der Waals surface area contributed by atoms with Crippen molar-refractivity contribution in [1.29, 1.82) is 0 Å². The predicted molar refractivity (Wildman–Crippen MR) is 86.7 cm³/mol. The summed E-state index contributed by atoms with van der Waals surface area (Å²) in [5, 5.41) is 0. The van der Waals surface area contributed by atoms with E-state index in [0.717, 1.165) is 10.9 Å². The fourth-order valence-electron chi connectivity index (χ4n) is 1.95. The molecule has 0 aromatic heterocycles. The van der Waals surface area contributed by atoms with E-state index in [-0.39, 0.29) is 20.9 Å². The van der Waals surface area contributed by atoms with Crippen molar-refractivity contribution >= 4 is 24.5 Å². The summed E-state index contributed by atoms with van der Waals surface area (Å²) in [7, 11) is 0. The average molecular weight is 380 g/mol. The van der Waals surface area contributed by atoms with Gasteiger partial charge in [-0.2, -0.15) is 0 Å². The standard InChI is InChI=1S/C18H20OTe/c1-2-13-19-17(14-16-9-5-3-6-10-16)15-20-18-11-7-4-8-12-18/h2-12,17H,1,13-15H2. The van der Waals surface area contributed by atoms with Gasteiger partial charge in [-0.25, -0.2) is 0 Å². The van der Waals surface area contributed by atoms with E-state index in [1.807, 2.05) is 6.08 Å². The van der Waals surface area contributed by atoms with Crippen molar-refractivity contribution in [3.8, 4) is 0 Å². The van der Waals surface area contributed by atoms with E-state index in [9.17, 15) is 0 Å². The van der Waals surface area contributed by atoms with E-state index in [2.05, 4.69) is 67.2 Å².